The molecule has 0 atom stereocenters. The predicted octanol–water partition coefficient (Wildman–Crippen LogP) is 6.17. The normalized spacial score (nSPS) is 10.7. The van der Waals surface area contributed by atoms with E-state index in [1.807, 2.05) is 12.1 Å². The lowest BCUT2D eigenvalue weighted by Crippen LogP contribution is -2.16. The zero-order chi connectivity index (χ0) is 27.9. The first-order chi connectivity index (χ1) is 18.1. The number of carbonyl (C=O) groups is 2. The number of nitrogens with one attached hydrogen (secondary N) is 2. The molecule has 2 N–H and O–H groups in total. The Morgan fingerprint density at radius 2 is 1.58 bits per heavy atom. The second-order valence-electron chi connectivity index (χ2n) is 7.87. The highest BCUT2D eigenvalue weighted by Crippen LogP contribution is 2.32. The van der Waals surface area contributed by atoms with Gasteiger partial charge < -0.3 is 15.4 Å². The van der Waals surface area contributed by atoms with Gasteiger partial charge in [0, 0.05) is 36.8 Å². The molecule has 0 spiro atoms. The third-order valence-corrected chi connectivity index (χ3v) is 5.26. The number of hydrogen-bond donors (Lipinski definition) is 2. The van der Waals surface area contributed by atoms with E-state index in [0.717, 1.165) is 24.1 Å². The number of aldehydes is 1. The van der Waals surface area contributed by atoms with E-state index >= 15 is 0 Å². The van der Waals surface area contributed by atoms with Crippen LogP contribution in [0.3, 0.4) is 0 Å². The first-order valence-electron chi connectivity index (χ1n) is 11.2. The van der Waals surface area contributed by atoms with Crippen LogP contribution in [0.5, 0.6) is 0 Å². The van der Waals surface area contributed by atoms with Crippen molar-refractivity contribution in [3.63, 3.8) is 0 Å². The molecule has 0 unspecified atom stereocenters. The van der Waals surface area contributed by atoms with Gasteiger partial charge in [-0.1, -0.05) is 0 Å². The Hall–Kier alpha value is -4.67. The van der Waals surface area contributed by atoms with Crippen molar-refractivity contribution < 1.29 is 27.2 Å². The van der Waals surface area contributed by atoms with E-state index in [9.17, 15) is 22.4 Å². The van der Waals surface area contributed by atoms with Gasteiger partial charge in [-0.05, 0) is 79.1 Å². The molecule has 0 bridgehead atoms. The molecule has 3 heterocycles. The molecule has 0 saturated heterocycles. The van der Waals surface area contributed by atoms with Gasteiger partial charge in [0.2, 0.25) is 0 Å². The van der Waals surface area contributed by atoms with Crippen molar-refractivity contribution in [2.75, 3.05) is 17.7 Å². The Balaban J connectivity index is 0.00000127. The van der Waals surface area contributed by atoms with Crippen LogP contribution in [0.15, 0.2) is 67.1 Å². The summed E-state index contributed by atoms with van der Waals surface area (Å²) in [7, 11) is 1.75. The van der Waals surface area contributed by atoms with Gasteiger partial charge in [-0.3, -0.25) is 14.8 Å². The van der Waals surface area contributed by atoms with E-state index in [-0.39, 0.29) is 11.3 Å². The molecule has 4 rings (SSSR count). The van der Waals surface area contributed by atoms with Crippen molar-refractivity contribution in [1.82, 2.24) is 15.0 Å². The number of aryl methyl sites for hydroxylation is 1. The molecule has 4 aromatic rings. The minimum absolute atomic E-state index is 0.166. The van der Waals surface area contributed by atoms with Crippen molar-refractivity contribution in [2.45, 2.75) is 20.0 Å². The van der Waals surface area contributed by atoms with Gasteiger partial charge >= 0.3 is 6.18 Å². The second kappa shape index (κ2) is 12.0. The highest BCUT2D eigenvalue weighted by atomic mass is 19.4. The molecule has 1 amide bonds. The average molecular weight is 526 g/mol. The summed E-state index contributed by atoms with van der Waals surface area (Å²) < 4.78 is 53.5. The number of benzene rings is 1. The number of pyridine rings is 3. The largest absolute Gasteiger partial charge is 0.433 e. The molecule has 0 saturated carbocycles. The van der Waals surface area contributed by atoms with Crippen molar-refractivity contribution in [2.24, 2.45) is 0 Å². The summed E-state index contributed by atoms with van der Waals surface area (Å²) in [6.07, 6.45) is 0.183. The SMILES string of the molecule is CC=O.CNc1cc(-c2cc(-c3cc(NC(=O)c4ccnc(C(F)(F)F)c4)c(F)cc3C)ccn2)ccn1. The standard InChI is InChI=1S/C25H19F4N5O.C2H4O/c1-14-9-19(26)21(34-24(35)17-5-7-32-22(11-17)25(27,28)29)13-18(14)15-3-6-31-20(10-15)16-4-8-33-23(12-16)30-2;1-2-3/h3-13H,1-2H3,(H,30,33)(H,34,35);2H,1H3. The van der Waals surface area contributed by atoms with Gasteiger partial charge in [-0.25, -0.2) is 9.37 Å². The number of hydrogen-bond acceptors (Lipinski definition) is 6. The van der Waals surface area contributed by atoms with Crippen LogP contribution in [0.4, 0.5) is 29.1 Å². The van der Waals surface area contributed by atoms with Crippen LogP contribution < -0.4 is 10.6 Å². The summed E-state index contributed by atoms with van der Waals surface area (Å²) in [5, 5.41) is 5.33. The van der Waals surface area contributed by atoms with Crippen LogP contribution in [0.1, 0.15) is 28.5 Å². The molecule has 196 valence electrons. The summed E-state index contributed by atoms with van der Waals surface area (Å²) in [4.78, 5) is 33.2. The lowest BCUT2D eigenvalue weighted by atomic mass is 9.98. The van der Waals surface area contributed by atoms with Crippen LogP contribution in [-0.4, -0.2) is 34.2 Å². The van der Waals surface area contributed by atoms with E-state index in [2.05, 4.69) is 25.6 Å². The van der Waals surface area contributed by atoms with Gasteiger partial charge in [0.25, 0.3) is 5.91 Å². The van der Waals surface area contributed by atoms with Gasteiger partial charge in [-0.2, -0.15) is 13.2 Å². The number of alkyl halides is 3. The highest BCUT2D eigenvalue weighted by molar-refractivity contribution is 6.04. The molecule has 3 aromatic heterocycles. The summed E-state index contributed by atoms with van der Waals surface area (Å²) in [5.74, 6) is -0.937. The fourth-order valence-electron chi connectivity index (χ4n) is 3.48. The van der Waals surface area contributed by atoms with E-state index in [0.29, 0.717) is 34.3 Å². The van der Waals surface area contributed by atoms with Crippen molar-refractivity contribution >= 4 is 23.7 Å². The molecule has 38 heavy (non-hydrogen) atoms. The Morgan fingerprint density at radius 3 is 2.26 bits per heavy atom. The van der Waals surface area contributed by atoms with Crippen molar-refractivity contribution in [1.29, 1.82) is 0 Å². The quantitative estimate of drug-likeness (QED) is 0.239. The summed E-state index contributed by atoms with van der Waals surface area (Å²) in [6.45, 7) is 3.16. The Kier molecular flexibility index (Phi) is 8.85. The Labute approximate surface area is 216 Å². The maximum absolute atomic E-state index is 14.7. The van der Waals surface area contributed by atoms with Gasteiger partial charge in [0.1, 0.15) is 23.6 Å². The third-order valence-electron chi connectivity index (χ3n) is 5.26. The molecular weight excluding hydrogens is 502 g/mol. The minimum atomic E-state index is -4.71. The lowest BCUT2D eigenvalue weighted by molar-refractivity contribution is -0.141. The van der Waals surface area contributed by atoms with Gasteiger partial charge in [0.15, 0.2) is 0 Å². The van der Waals surface area contributed by atoms with E-state index < -0.39 is 23.6 Å². The molecule has 0 radical (unpaired) electrons. The van der Waals surface area contributed by atoms with Crippen molar-refractivity contribution in [3.05, 3.63) is 89.8 Å². The zero-order valence-electron chi connectivity index (χ0n) is 20.6. The monoisotopic (exact) mass is 525 g/mol. The molecule has 7 nitrogen and oxygen atoms in total. The predicted molar refractivity (Wildman–Crippen MR) is 136 cm³/mol. The number of anilines is 2. The number of carbonyl (C=O) groups excluding carboxylic acids is 2. The van der Waals surface area contributed by atoms with E-state index in [1.165, 1.54) is 19.1 Å². The Bertz CT molecular complexity index is 1460. The first kappa shape index (κ1) is 27.9. The zero-order valence-corrected chi connectivity index (χ0v) is 20.6. The smallest absolute Gasteiger partial charge is 0.373 e. The fraction of sp³-hybridized carbons (Fsp3) is 0.148. The minimum Gasteiger partial charge on any atom is -0.373 e. The highest BCUT2D eigenvalue weighted by Gasteiger charge is 2.33. The third kappa shape index (κ3) is 6.75. The number of rotatable bonds is 5. The van der Waals surface area contributed by atoms with Gasteiger partial charge in [-0.15, -0.1) is 0 Å². The van der Waals surface area contributed by atoms with Gasteiger partial charge in [0.05, 0.1) is 11.4 Å². The first-order valence-corrected chi connectivity index (χ1v) is 11.2. The molecule has 0 aliphatic rings. The average Bonchev–Trinajstić information content (AvgIpc) is 2.90. The molecule has 11 heteroatoms. The summed E-state index contributed by atoms with van der Waals surface area (Å²) in [5.41, 5.74) is 1.75. The number of amides is 1. The molecular formula is C27H23F4N5O2. The summed E-state index contributed by atoms with van der Waals surface area (Å²) in [6, 6.07) is 11.6. The Morgan fingerprint density at radius 1 is 0.921 bits per heavy atom. The lowest BCUT2D eigenvalue weighted by Gasteiger charge is -2.13. The number of aromatic nitrogens is 3. The molecule has 0 aliphatic carbocycles. The topological polar surface area (TPSA) is 96.9 Å². The van der Waals surface area contributed by atoms with E-state index in [1.54, 1.807) is 38.5 Å². The van der Waals surface area contributed by atoms with Crippen LogP contribution >= 0.6 is 0 Å². The van der Waals surface area contributed by atoms with E-state index in [4.69, 9.17) is 4.79 Å². The number of halogens is 4. The fourth-order valence-corrected chi connectivity index (χ4v) is 3.48. The summed E-state index contributed by atoms with van der Waals surface area (Å²) >= 11 is 0. The molecule has 1 aromatic carbocycles. The maximum atomic E-state index is 14.7. The van der Waals surface area contributed by atoms with Crippen LogP contribution in [0.2, 0.25) is 0 Å². The van der Waals surface area contributed by atoms with Crippen LogP contribution in [0.25, 0.3) is 22.4 Å². The molecule has 0 fully saturated rings. The van der Waals surface area contributed by atoms with Crippen LogP contribution in [0, 0.1) is 12.7 Å². The maximum Gasteiger partial charge on any atom is 0.433 e. The number of nitrogens with zero attached hydrogens (tertiary/aromatic N) is 3. The van der Waals surface area contributed by atoms with Crippen molar-refractivity contribution in [3.8, 4) is 22.4 Å². The van der Waals surface area contributed by atoms with Crippen LogP contribution in [-0.2, 0) is 11.0 Å². The molecule has 0 aliphatic heterocycles. The second-order valence-corrected chi connectivity index (χ2v) is 7.87.